The molecule has 3 heteroatoms. The molecule has 0 atom stereocenters. The van der Waals surface area contributed by atoms with Crippen LogP contribution >= 0.6 is 0 Å². The Morgan fingerprint density at radius 1 is 1.24 bits per heavy atom. The Labute approximate surface area is 103 Å². The van der Waals surface area contributed by atoms with Crippen molar-refractivity contribution in [3.63, 3.8) is 0 Å². The Morgan fingerprint density at radius 2 is 1.82 bits per heavy atom. The molecule has 0 amide bonds. The van der Waals surface area contributed by atoms with Crippen molar-refractivity contribution < 1.29 is 9.47 Å². The van der Waals surface area contributed by atoms with Crippen molar-refractivity contribution in [2.75, 3.05) is 19.8 Å². The normalized spacial score (nSPS) is 29.2. The third kappa shape index (κ3) is 2.51. The molecule has 2 rings (SSSR count). The highest BCUT2D eigenvalue weighted by Gasteiger charge is 2.37. The van der Waals surface area contributed by atoms with Gasteiger partial charge in [-0.25, -0.2) is 0 Å². The van der Waals surface area contributed by atoms with Gasteiger partial charge in [0.1, 0.15) is 0 Å². The Kier molecular flexibility index (Phi) is 3.82. The van der Waals surface area contributed by atoms with Crippen LogP contribution in [-0.2, 0) is 21.7 Å². The van der Waals surface area contributed by atoms with Crippen LogP contribution in [0.2, 0.25) is 0 Å². The first-order valence-corrected chi connectivity index (χ1v) is 6.27. The van der Waals surface area contributed by atoms with E-state index in [1.807, 2.05) is 0 Å². The lowest BCUT2D eigenvalue weighted by atomic mass is 10.0. The van der Waals surface area contributed by atoms with E-state index in [2.05, 4.69) is 38.1 Å². The molecular formula is C14H21NO2. The van der Waals surface area contributed by atoms with Gasteiger partial charge in [0, 0.05) is 11.5 Å². The third-order valence-corrected chi connectivity index (χ3v) is 3.27. The number of ether oxygens (including phenoxy) is 2. The van der Waals surface area contributed by atoms with Gasteiger partial charge in [0.15, 0.2) is 0 Å². The molecule has 1 aliphatic rings. The van der Waals surface area contributed by atoms with Crippen LogP contribution in [0.25, 0.3) is 0 Å². The minimum Gasteiger partial charge on any atom is -0.344 e. The molecule has 1 aliphatic heterocycles. The molecule has 0 aliphatic carbocycles. The van der Waals surface area contributed by atoms with Crippen LogP contribution in [0.3, 0.4) is 0 Å². The van der Waals surface area contributed by atoms with E-state index in [0.29, 0.717) is 25.7 Å². The van der Waals surface area contributed by atoms with Crippen LogP contribution < -0.4 is 5.73 Å². The van der Waals surface area contributed by atoms with Crippen molar-refractivity contribution in [2.24, 2.45) is 11.7 Å². The summed E-state index contributed by atoms with van der Waals surface area (Å²) < 4.78 is 11.7. The number of aryl methyl sites for hydroxylation is 1. The average Bonchev–Trinajstić information content (AvgIpc) is 2.40. The lowest BCUT2D eigenvalue weighted by molar-refractivity contribution is -0.284. The van der Waals surface area contributed by atoms with Crippen molar-refractivity contribution in [2.45, 2.75) is 26.1 Å². The minimum atomic E-state index is -0.737. The summed E-state index contributed by atoms with van der Waals surface area (Å²) in [6, 6.07) is 8.33. The molecule has 1 aromatic carbocycles. The Bertz CT molecular complexity index is 353. The summed E-state index contributed by atoms with van der Waals surface area (Å²) in [5.74, 6) is -0.303. The molecule has 0 saturated carbocycles. The molecule has 0 spiro atoms. The molecule has 0 radical (unpaired) electrons. The van der Waals surface area contributed by atoms with Gasteiger partial charge in [-0.2, -0.15) is 0 Å². The minimum absolute atomic E-state index is 0.352. The zero-order chi connectivity index (χ0) is 12.3. The largest absolute Gasteiger partial charge is 0.344 e. The second kappa shape index (κ2) is 5.17. The molecule has 2 N–H and O–H groups in total. The summed E-state index contributed by atoms with van der Waals surface area (Å²) in [6.07, 6.45) is 1.04. The van der Waals surface area contributed by atoms with Gasteiger partial charge in [-0.3, -0.25) is 0 Å². The highest BCUT2D eigenvalue weighted by atomic mass is 16.7. The van der Waals surface area contributed by atoms with Crippen LogP contribution in [0.1, 0.15) is 25.0 Å². The fraction of sp³-hybridized carbons (Fsp3) is 0.571. The monoisotopic (exact) mass is 235 g/mol. The second-order valence-corrected chi connectivity index (χ2v) is 4.73. The fourth-order valence-electron chi connectivity index (χ4n) is 2.04. The van der Waals surface area contributed by atoms with Crippen molar-refractivity contribution in [1.82, 2.24) is 0 Å². The fourth-order valence-corrected chi connectivity index (χ4v) is 2.04. The number of benzene rings is 1. The van der Waals surface area contributed by atoms with E-state index in [0.717, 1.165) is 12.0 Å². The SMILES string of the molecule is CCc1ccc(C2(CN)OCC(C)CO2)cc1. The summed E-state index contributed by atoms with van der Waals surface area (Å²) in [4.78, 5) is 0. The van der Waals surface area contributed by atoms with Crippen molar-refractivity contribution in [3.8, 4) is 0 Å². The lowest BCUT2D eigenvalue weighted by Gasteiger charge is -2.39. The van der Waals surface area contributed by atoms with Gasteiger partial charge in [0.2, 0.25) is 5.79 Å². The number of rotatable bonds is 3. The molecule has 0 aromatic heterocycles. The van der Waals surface area contributed by atoms with Crippen molar-refractivity contribution >= 4 is 0 Å². The molecule has 0 unspecified atom stereocenters. The van der Waals surface area contributed by atoms with Crippen LogP contribution in [0.4, 0.5) is 0 Å². The first-order valence-electron chi connectivity index (χ1n) is 6.27. The van der Waals surface area contributed by atoms with Crippen LogP contribution in [0.5, 0.6) is 0 Å². The number of hydrogen-bond acceptors (Lipinski definition) is 3. The number of nitrogens with two attached hydrogens (primary N) is 1. The first-order chi connectivity index (χ1) is 8.20. The zero-order valence-electron chi connectivity index (χ0n) is 10.6. The van der Waals surface area contributed by atoms with E-state index < -0.39 is 5.79 Å². The molecular weight excluding hydrogens is 214 g/mol. The molecule has 1 heterocycles. The molecule has 17 heavy (non-hydrogen) atoms. The summed E-state index contributed by atoms with van der Waals surface area (Å²) in [5, 5.41) is 0. The van der Waals surface area contributed by atoms with Gasteiger partial charge in [-0.05, 0) is 12.0 Å². The highest BCUT2D eigenvalue weighted by Crippen LogP contribution is 2.31. The molecule has 1 aromatic rings. The Balaban J connectivity index is 2.21. The van der Waals surface area contributed by atoms with Gasteiger partial charge in [0.05, 0.1) is 19.8 Å². The maximum Gasteiger partial charge on any atom is 0.207 e. The second-order valence-electron chi connectivity index (χ2n) is 4.73. The summed E-state index contributed by atoms with van der Waals surface area (Å²) in [6.45, 7) is 6.01. The predicted molar refractivity (Wildman–Crippen MR) is 67.6 cm³/mol. The van der Waals surface area contributed by atoms with Crippen LogP contribution in [-0.4, -0.2) is 19.8 Å². The van der Waals surface area contributed by atoms with Crippen LogP contribution in [0.15, 0.2) is 24.3 Å². The first kappa shape index (κ1) is 12.6. The van der Waals surface area contributed by atoms with Gasteiger partial charge >= 0.3 is 0 Å². The average molecular weight is 235 g/mol. The van der Waals surface area contributed by atoms with E-state index in [1.54, 1.807) is 0 Å². The maximum absolute atomic E-state index is 5.84. The molecule has 0 bridgehead atoms. The van der Waals surface area contributed by atoms with Crippen LogP contribution in [0, 0.1) is 5.92 Å². The topological polar surface area (TPSA) is 44.5 Å². The summed E-state index contributed by atoms with van der Waals surface area (Å²) >= 11 is 0. The zero-order valence-corrected chi connectivity index (χ0v) is 10.6. The van der Waals surface area contributed by atoms with E-state index in [-0.39, 0.29) is 0 Å². The highest BCUT2D eigenvalue weighted by molar-refractivity contribution is 5.26. The molecule has 1 fully saturated rings. The van der Waals surface area contributed by atoms with Gasteiger partial charge in [-0.1, -0.05) is 38.1 Å². The van der Waals surface area contributed by atoms with Crippen molar-refractivity contribution in [3.05, 3.63) is 35.4 Å². The summed E-state index contributed by atoms with van der Waals surface area (Å²) in [7, 11) is 0. The molecule has 94 valence electrons. The number of hydrogen-bond donors (Lipinski definition) is 1. The van der Waals surface area contributed by atoms with E-state index in [4.69, 9.17) is 15.2 Å². The quantitative estimate of drug-likeness (QED) is 0.872. The molecule has 3 nitrogen and oxygen atoms in total. The standard InChI is InChI=1S/C14H21NO2/c1-3-12-4-6-13(7-5-12)14(10-15)16-8-11(2)9-17-14/h4-7,11H,3,8-10,15H2,1-2H3. The summed E-state index contributed by atoms with van der Waals surface area (Å²) in [5.41, 5.74) is 8.16. The third-order valence-electron chi connectivity index (χ3n) is 3.27. The van der Waals surface area contributed by atoms with E-state index in [1.165, 1.54) is 5.56 Å². The Morgan fingerprint density at radius 3 is 2.29 bits per heavy atom. The van der Waals surface area contributed by atoms with Gasteiger partial charge in [-0.15, -0.1) is 0 Å². The van der Waals surface area contributed by atoms with E-state index in [9.17, 15) is 0 Å². The molecule has 1 saturated heterocycles. The van der Waals surface area contributed by atoms with Gasteiger partial charge in [0.25, 0.3) is 0 Å². The van der Waals surface area contributed by atoms with Gasteiger partial charge < -0.3 is 15.2 Å². The Hall–Kier alpha value is -0.900. The maximum atomic E-state index is 5.84. The predicted octanol–water partition coefficient (Wildman–Crippen LogP) is 2.04. The van der Waals surface area contributed by atoms with Crippen molar-refractivity contribution in [1.29, 1.82) is 0 Å². The lowest BCUT2D eigenvalue weighted by Crippen LogP contribution is -2.46. The van der Waals surface area contributed by atoms with E-state index >= 15 is 0 Å². The smallest absolute Gasteiger partial charge is 0.207 e.